The van der Waals surface area contributed by atoms with Crippen molar-refractivity contribution in [2.75, 3.05) is 49.1 Å². The first-order chi connectivity index (χ1) is 17.4. The highest BCUT2D eigenvalue weighted by atomic mass is 19.1. The summed E-state index contributed by atoms with van der Waals surface area (Å²) in [5, 5.41) is 9.50. The van der Waals surface area contributed by atoms with Gasteiger partial charge in [-0.25, -0.2) is 4.39 Å². The minimum Gasteiger partial charge on any atom is -0.459 e. The fourth-order valence-corrected chi connectivity index (χ4v) is 4.84. The fraction of sp³-hybridized carbons (Fsp3) is 0.385. The van der Waals surface area contributed by atoms with Gasteiger partial charge >= 0.3 is 0 Å². The number of rotatable bonds is 5. The van der Waals surface area contributed by atoms with Gasteiger partial charge in [0.15, 0.2) is 11.5 Å². The number of oxazole rings is 1. The molecule has 0 aliphatic carbocycles. The van der Waals surface area contributed by atoms with Crippen LogP contribution in [0.15, 0.2) is 45.4 Å². The molecule has 2 aliphatic heterocycles. The van der Waals surface area contributed by atoms with Crippen LogP contribution in [0.2, 0.25) is 0 Å². The molecule has 2 aromatic heterocycles. The van der Waals surface area contributed by atoms with E-state index in [1.807, 2.05) is 14.7 Å². The summed E-state index contributed by atoms with van der Waals surface area (Å²) in [6.07, 6.45) is 2.80. The quantitative estimate of drug-likeness (QED) is 0.497. The Morgan fingerprint density at radius 2 is 1.83 bits per heavy atom. The molecule has 2 fully saturated rings. The smallest absolute Gasteiger partial charge is 0.266 e. The maximum atomic E-state index is 14.5. The van der Waals surface area contributed by atoms with Gasteiger partial charge in [-0.3, -0.25) is 9.59 Å². The Bertz CT molecular complexity index is 1300. The van der Waals surface area contributed by atoms with E-state index >= 15 is 0 Å². The Kier molecular flexibility index (Phi) is 6.46. The molecule has 3 aromatic rings. The third-order valence-corrected chi connectivity index (χ3v) is 6.86. The first kappa shape index (κ1) is 23.6. The van der Waals surface area contributed by atoms with Gasteiger partial charge in [-0.2, -0.15) is 10.2 Å². The van der Waals surface area contributed by atoms with Gasteiger partial charge in [0.25, 0.3) is 5.89 Å². The highest BCUT2D eigenvalue weighted by Crippen LogP contribution is 2.32. The highest BCUT2D eigenvalue weighted by Gasteiger charge is 2.33. The SMILES string of the molecule is CC(=O)c1ccc(N2CCN(C(=O)C3CCN(c4oc(-c5ccco5)nc4C#N)CC3)CC2)c(F)c1. The lowest BCUT2D eigenvalue weighted by molar-refractivity contribution is -0.136. The zero-order valence-electron chi connectivity index (χ0n) is 19.9. The van der Waals surface area contributed by atoms with Crippen LogP contribution in [0.4, 0.5) is 16.0 Å². The van der Waals surface area contributed by atoms with Crippen LogP contribution < -0.4 is 9.80 Å². The number of benzene rings is 1. The van der Waals surface area contributed by atoms with Crippen molar-refractivity contribution in [2.45, 2.75) is 19.8 Å². The van der Waals surface area contributed by atoms with E-state index in [0.717, 1.165) is 0 Å². The van der Waals surface area contributed by atoms with Crippen LogP contribution in [0.1, 0.15) is 35.8 Å². The lowest BCUT2D eigenvalue weighted by Gasteiger charge is -2.39. The number of nitrogens with zero attached hydrogens (tertiary/aromatic N) is 5. The summed E-state index contributed by atoms with van der Waals surface area (Å²) in [5.74, 6) is 0.516. The Morgan fingerprint density at radius 3 is 2.44 bits per heavy atom. The minimum absolute atomic E-state index is 0.107. The summed E-state index contributed by atoms with van der Waals surface area (Å²) in [4.78, 5) is 34.6. The molecule has 9 nitrogen and oxygen atoms in total. The van der Waals surface area contributed by atoms with Crippen LogP contribution >= 0.6 is 0 Å². The maximum Gasteiger partial charge on any atom is 0.266 e. The second-order valence-electron chi connectivity index (χ2n) is 9.06. The molecule has 10 heteroatoms. The Labute approximate surface area is 207 Å². The first-order valence-electron chi connectivity index (χ1n) is 12.0. The monoisotopic (exact) mass is 491 g/mol. The van der Waals surface area contributed by atoms with Crippen LogP contribution in [-0.2, 0) is 4.79 Å². The lowest BCUT2D eigenvalue weighted by Crippen LogP contribution is -2.52. The van der Waals surface area contributed by atoms with Crippen LogP contribution in [0.5, 0.6) is 0 Å². The number of Topliss-reactive ketones (excluding diaryl/α,β-unsaturated/α-hetero) is 1. The van der Waals surface area contributed by atoms with Crippen molar-refractivity contribution in [1.29, 1.82) is 5.26 Å². The Morgan fingerprint density at radius 1 is 1.08 bits per heavy atom. The molecule has 1 aromatic carbocycles. The van der Waals surface area contributed by atoms with Crippen LogP contribution in [0, 0.1) is 23.1 Å². The molecule has 2 aliphatic rings. The fourth-order valence-electron chi connectivity index (χ4n) is 4.84. The lowest BCUT2D eigenvalue weighted by atomic mass is 9.95. The number of furan rings is 1. The van der Waals surface area contributed by atoms with Gasteiger partial charge < -0.3 is 23.5 Å². The molecule has 0 bridgehead atoms. The van der Waals surface area contributed by atoms with Crippen molar-refractivity contribution in [2.24, 2.45) is 5.92 Å². The van der Waals surface area contributed by atoms with Gasteiger partial charge in [0.2, 0.25) is 17.5 Å². The predicted octanol–water partition coefficient (Wildman–Crippen LogP) is 3.71. The number of hydrogen-bond acceptors (Lipinski definition) is 8. The number of carbonyl (C=O) groups is 2. The molecule has 2 saturated heterocycles. The third kappa shape index (κ3) is 4.56. The second-order valence-corrected chi connectivity index (χ2v) is 9.06. The van der Waals surface area contributed by atoms with E-state index in [1.165, 1.54) is 19.3 Å². The van der Waals surface area contributed by atoms with E-state index in [1.54, 1.807) is 24.3 Å². The molecule has 0 N–H and O–H groups in total. The van der Waals surface area contributed by atoms with Gasteiger partial charge in [-0.15, -0.1) is 0 Å². The number of hydrogen-bond donors (Lipinski definition) is 0. The van der Waals surface area contributed by atoms with Gasteiger partial charge in [-0.1, -0.05) is 0 Å². The number of piperazine rings is 1. The predicted molar refractivity (Wildman–Crippen MR) is 129 cm³/mol. The zero-order chi connectivity index (χ0) is 25.2. The zero-order valence-corrected chi connectivity index (χ0v) is 19.9. The molecule has 1 amide bonds. The summed E-state index contributed by atoms with van der Waals surface area (Å²) >= 11 is 0. The van der Waals surface area contributed by atoms with Crippen molar-refractivity contribution in [1.82, 2.24) is 9.88 Å². The van der Waals surface area contributed by atoms with Gasteiger partial charge in [0.1, 0.15) is 11.9 Å². The molecule has 0 saturated carbocycles. The van der Waals surface area contributed by atoms with E-state index in [9.17, 15) is 19.2 Å². The van der Waals surface area contributed by atoms with E-state index < -0.39 is 5.82 Å². The van der Waals surface area contributed by atoms with E-state index in [-0.39, 0.29) is 29.2 Å². The van der Waals surface area contributed by atoms with Crippen molar-refractivity contribution in [3.05, 3.63) is 53.7 Å². The molecule has 0 atom stereocenters. The Balaban J connectivity index is 1.17. The summed E-state index contributed by atoms with van der Waals surface area (Å²) in [6, 6.07) is 10.1. The molecular formula is C26H26FN5O4. The van der Waals surface area contributed by atoms with Crippen molar-refractivity contribution in [3.63, 3.8) is 0 Å². The Hall–Kier alpha value is -4.13. The normalized spacial score (nSPS) is 16.8. The molecule has 5 rings (SSSR count). The van der Waals surface area contributed by atoms with Crippen LogP contribution in [0.25, 0.3) is 11.7 Å². The standard InChI is InChI=1S/C26H26FN5O4/c1-17(33)19-4-5-22(20(27)15-19)30-10-12-31(13-11-30)25(34)18-6-8-32(9-7-18)26-21(16-28)29-24(36-26)23-3-2-14-35-23/h2-5,14-15,18H,6-13H2,1H3. The number of nitriles is 1. The van der Waals surface area contributed by atoms with Gasteiger partial charge in [-0.05, 0) is 50.1 Å². The number of anilines is 2. The second kappa shape index (κ2) is 9.85. The number of ketones is 1. The van der Waals surface area contributed by atoms with Crippen LogP contribution in [0.3, 0.4) is 0 Å². The van der Waals surface area contributed by atoms with E-state index in [2.05, 4.69) is 11.1 Å². The average Bonchev–Trinajstić information content (AvgIpc) is 3.59. The molecule has 4 heterocycles. The van der Waals surface area contributed by atoms with Crippen molar-refractivity contribution >= 4 is 23.3 Å². The molecule has 186 valence electrons. The third-order valence-electron chi connectivity index (χ3n) is 6.86. The maximum absolute atomic E-state index is 14.5. The number of aromatic nitrogens is 1. The molecule has 0 spiro atoms. The van der Waals surface area contributed by atoms with Gasteiger partial charge in [0.05, 0.1) is 12.0 Å². The minimum atomic E-state index is -0.422. The number of amides is 1. The number of piperidine rings is 1. The average molecular weight is 492 g/mol. The molecule has 0 unspecified atom stereocenters. The molecular weight excluding hydrogens is 465 g/mol. The first-order valence-corrected chi connectivity index (χ1v) is 12.0. The highest BCUT2D eigenvalue weighted by molar-refractivity contribution is 5.94. The number of carbonyl (C=O) groups excluding carboxylic acids is 2. The van der Waals surface area contributed by atoms with Crippen molar-refractivity contribution in [3.8, 4) is 17.7 Å². The summed E-state index contributed by atoms with van der Waals surface area (Å²) in [6.45, 7) is 4.65. The van der Waals surface area contributed by atoms with Crippen LogP contribution in [-0.4, -0.2) is 60.8 Å². The molecule has 0 radical (unpaired) electrons. The molecule has 36 heavy (non-hydrogen) atoms. The largest absolute Gasteiger partial charge is 0.459 e. The summed E-state index contributed by atoms with van der Waals surface area (Å²) in [7, 11) is 0. The topological polar surface area (TPSA) is 107 Å². The van der Waals surface area contributed by atoms with E-state index in [0.29, 0.717) is 75.0 Å². The number of halogens is 1. The van der Waals surface area contributed by atoms with Crippen molar-refractivity contribution < 1.29 is 22.8 Å². The summed E-state index contributed by atoms with van der Waals surface area (Å²) < 4.78 is 25.7. The summed E-state index contributed by atoms with van der Waals surface area (Å²) in [5.41, 5.74) is 1.00. The van der Waals surface area contributed by atoms with E-state index in [4.69, 9.17) is 8.83 Å². The van der Waals surface area contributed by atoms with Gasteiger partial charge in [0, 0.05) is 50.7 Å².